The molecule has 106 valence electrons. The highest BCUT2D eigenvalue weighted by Crippen LogP contribution is 2.19. The van der Waals surface area contributed by atoms with Crippen LogP contribution in [0.4, 0.5) is 11.4 Å². The zero-order valence-electron chi connectivity index (χ0n) is 10.5. The van der Waals surface area contributed by atoms with Crippen molar-refractivity contribution in [3.05, 3.63) is 64.0 Å². The van der Waals surface area contributed by atoms with Crippen molar-refractivity contribution in [1.29, 1.82) is 0 Å². The van der Waals surface area contributed by atoms with E-state index in [0.717, 1.165) is 6.20 Å². The van der Waals surface area contributed by atoms with Crippen molar-refractivity contribution in [3.8, 4) is 0 Å². The Kier molecular flexibility index (Phi) is 3.89. The highest BCUT2D eigenvalue weighted by atomic mass is 16.6. The highest BCUT2D eigenvalue weighted by Gasteiger charge is 2.19. The predicted molar refractivity (Wildman–Crippen MR) is 72.2 cm³/mol. The number of nitrogens with zero attached hydrogens (tertiary/aromatic N) is 2. The first-order chi connectivity index (χ1) is 9.99. The Labute approximate surface area is 118 Å². The van der Waals surface area contributed by atoms with E-state index in [1.807, 2.05) is 0 Å². The summed E-state index contributed by atoms with van der Waals surface area (Å²) in [5.41, 5.74) is -0.422. The lowest BCUT2D eigenvalue weighted by atomic mass is 10.1. The Morgan fingerprint density at radius 3 is 2.62 bits per heavy atom. The predicted octanol–water partition coefficient (Wildman–Crippen LogP) is 1.94. The fourth-order valence-corrected chi connectivity index (χ4v) is 1.65. The van der Waals surface area contributed by atoms with E-state index in [0.29, 0.717) is 0 Å². The largest absolute Gasteiger partial charge is 0.478 e. The minimum absolute atomic E-state index is 0.102. The second-order valence-electron chi connectivity index (χ2n) is 4.00. The first kappa shape index (κ1) is 14.1. The normalized spacial score (nSPS) is 9.90. The number of aromatic nitrogens is 1. The number of pyridine rings is 1. The van der Waals surface area contributed by atoms with E-state index in [2.05, 4.69) is 10.3 Å². The summed E-state index contributed by atoms with van der Waals surface area (Å²) in [6, 6.07) is 6.67. The topological polar surface area (TPSA) is 122 Å². The summed E-state index contributed by atoms with van der Waals surface area (Å²) in [4.78, 5) is 36.7. The van der Waals surface area contributed by atoms with Crippen LogP contribution in [-0.4, -0.2) is 26.9 Å². The summed E-state index contributed by atoms with van der Waals surface area (Å²) < 4.78 is 0. The molecule has 0 unspecified atom stereocenters. The SMILES string of the molecule is O=C(O)c1cncc(NC(=O)c2ccccc2[N+](=O)[O-])c1. The molecule has 0 spiro atoms. The van der Waals surface area contributed by atoms with Crippen LogP contribution in [0.5, 0.6) is 0 Å². The van der Waals surface area contributed by atoms with E-state index >= 15 is 0 Å². The zero-order chi connectivity index (χ0) is 15.4. The molecule has 0 saturated heterocycles. The van der Waals surface area contributed by atoms with Crippen LogP contribution in [0.2, 0.25) is 0 Å². The zero-order valence-corrected chi connectivity index (χ0v) is 10.5. The number of aromatic carboxylic acids is 1. The summed E-state index contributed by atoms with van der Waals surface area (Å²) in [7, 11) is 0. The summed E-state index contributed by atoms with van der Waals surface area (Å²) >= 11 is 0. The maximum Gasteiger partial charge on any atom is 0.337 e. The number of carbonyl (C=O) groups excluding carboxylic acids is 1. The van der Waals surface area contributed by atoms with E-state index in [1.165, 1.54) is 36.5 Å². The minimum atomic E-state index is -1.19. The van der Waals surface area contributed by atoms with Gasteiger partial charge in [-0.2, -0.15) is 0 Å². The quantitative estimate of drug-likeness (QED) is 0.654. The molecule has 2 N–H and O–H groups in total. The molecule has 8 nitrogen and oxygen atoms in total. The van der Waals surface area contributed by atoms with Crippen LogP contribution in [0.25, 0.3) is 0 Å². The second-order valence-corrected chi connectivity index (χ2v) is 4.00. The molecule has 0 aliphatic heterocycles. The lowest BCUT2D eigenvalue weighted by Gasteiger charge is -2.06. The number of carboxylic acid groups (broad SMARTS) is 1. The van der Waals surface area contributed by atoms with Gasteiger partial charge >= 0.3 is 5.97 Å². The van der Waals surface area contributed by atoms with Crippen molar-refractivity contribution in [2.24, 2.45) is 0 Å². The Hall–Kier alpha value is -3.29. The van der Waals surface area contributed by atoms with Gasteiger partial charge < -0.3 is 10.4 Å². The Bertz CT molecular complexity index is 729. The van der Waals surface area contributed by atoms with Crippen LogP contribution >= 0.6 is 0 Å². The maximum atomic E-state index is 12.0. The van der Waals surface area contributed by atoms with E-state index < -0.39 is 16.8 Å². The summed E-state index contributed by atoms with van der Waals surface area (Å²) in [6.45, 7) is 0. The van der Waals surface area contributed by atoms with Gasteiger partial charge in [-0.1, -0.05) is 12.1 Å². The molecule has 0 aliphatic rings. The number of anilines is 1. The number of carbonyl (C=O) groups is 2. The van der Waals surface area contributed by atoms with Gasteiger partial charge in [0.25, 0.3) is 11.6 Å². The second kappa shape index (κ2) is 5.78. The number of amides is 1. The lowest BCUT2D eigenvalue weighted by Crippen LogP contribution is -2.14. The molecule has 0 atom stereocenters. The van der Waals surface area contributed by atoms with Crippen LogP contribution < -0.4 is 5.32 Å². The number of benzene rings is 1. The molecule has 2 rings (SSSR count). The first-order valence-corrected chi connectivity index (χ1v) is 5.72. The van der Waals surface area contributed by atoms with Gasteiger partial charge in [0.05, 0.1) is 22.4 Å². The summed E-state index contributed by atoms with van der Waals surface area (Å²) in [5.74, 6) is -1.91. The van der Waals surface area contributed by atoms with Crippen molar-refractivity contribution in [1.82, 2.24) is 4.98 Å². The smallest absolute Gasteiger partial charge is 0.337 e. The molecule has 1 aromatic heterocycles. The molecule has 8 heteroatoms. The number of rotatable bonds is 4. The molecule has 1 amide bonds. The standard InChI is InChI=1S/C13H9N3O5/c17-12(10-3-1-2-4-11(10)16(20)21)15-9-5-8(13(18)19)6-14-7-9/h1-7H,(H,15,17)(H,18,19). The molecule has 1 heterocycles. The number of para-hydroxylation sites is 1. The number of carboxylic acids is 1. The van der Waals surface area contributed by atoms with Crippen molar-refractivity contribution in [3.63, 3.8) is 0 Å². The van der Waals surface area contributed by atoms with Crippen LogP contribution in [0.1, 0.15) is 20.7 Å². The molecule has 2 aromatic rings. The van der Waals surface area contributed by atoms with Crippen LogP contribution in [0, 0.1) is 10.1 Å². The summed E-state index contributed by atoms with van der Waals surface area (Å²) in [5, 5.41) is 22.1. The third kappa shape index (κ3) is 3.18. The average Bonchev–Trinajstić information content (AvgIpc) is 2.47. The molecule has 1 aromatic carbocycles. The van der Waals surface area contributed by atoms with Gasteiger partial charge in [0, 0.05) is 12.3 Å². The van der Waals surface area contributed by atoms with Gasteiger partial charge in [-0.25, -0.2) is 4.79 Å². The van der Waals surface area contributed by atoms with E-state index in [9.17, 15) is 19.7 Å². The third-order valence-corrected chi connectivity index (χ3v) is 2.59. The van der Waals surface area contributed by atoms with Gasteiger partial charge in [0.15, 0.2) is 0 Å². The summed E-state index contributed by atoms with van der Waals surface area (Å²) in [6.07, 6.45) is 2.38. The molecule has 0 aliphatic carbocycles. The van der Waals surface area contributed by atoms with E-state index in [1.54, 1.807) is 0 Å². The Morgan fingerprint density at radius 2 is 1.95 bits per heavy atom. The van der Waals surface area contributed by atoms with Crippen LogP contribution in [0.3, 0.4) is 0 Å². The number of nitro groups is 1. The lowest BCUT2D eigenvalue weighted by molar-refractivity contribution is -0.385. The van der Waals surface area contributed by atoms with Gasteiger partial charge in [-0.05, 0) is 12.1 Å². The van der Waals surface area contributed by atoms with E-state index in [-0.39, 0.29) is 22.5 Å². The first-order valence-electron chi connectivity index (χ1n) is 5.72. The molecule has 21 heavy (non-hydrogen) atoms. The molecule has 0 fully saturated rings. The number of nitro benzene ring substituents is 1. The maximum absolute atomic E-state index is 12.0. The molecular formula is C13H9N3O5. The van der Waals surface area contributed by atoms with Crippen LogP contribution in [0.15, 0.2) is 42.7 Å². The van der Waals surface area contributed by atoms with Crippen molar-refractivity contribution >= 4 is 23.3 Å². The monoisotopic (exact) mass is 287 g/mol. The van der Waals surface area contributed by atoms with Gasteiger partial charge in [-0.15, -0.1) is 0 Å². The highest BCUT2D eigenvalue weighted by molar-refractivity contribution is 6.07. The van der Waals surface area contributed by atoms with E-state index in [4.69, 9.17) is 5.11 Å². The number of nitrogens with one attached hydrogen (secondary N) is 1. The Balaban J connectivity index is 2.28. The fourth-order valence-electron chi connectivity index (χ4n) is 1.65. The minimum Gasteiger partial charge on any atom is -0.478 e. The molecular weight excluding hydrogens is 278 g/mol. The van der Waals surface area contributed by atoms with Gasteiger partial charge in [0.2, 0.25) is 0 Å². The van der Waals surface area contributed by atoms with Crippen LogP contribution in [-0.2, 0) is 0 Å². The average molecular weight is 287 g/mol. The van der Waals surface area contributed by atoms with Crippen molar-refractivity contribution in [2.45, 2.75) is 0 Å². The molecule has 0 bridgehead atoms. The molecule has 0 saturated carbocycles. The van der Waals surface area contributed by atoms with Crippen molar-refractivity contribution in [2.75, 3.05) is 5.32 Å². The Morgan fingerprint density at radius 1 is 1.24 bits per heavy atom. The third-order valence-electron chi connectivity index (χ3n) is 2.59. The number of hydrogen-bond donors (Lipinski definition) is 2. The number of hydrogen-bond acceptors (Lipinski definition) is 5. The van der Waals surface area contributed by atoms with Gasteiger partial charge in [0.1, 0.15) is 5.56 Å². The van der Waals surface area contributed by atoms with Gasteiger partial charge in [-0.3, -0.25) is 19.9 Å². The fraction of sp³-hybridized carbons (Fsp3) is 0. The van der Waals surface area contributed by atoms with Crippen molar-refractivity contribution < 1.29 is 19.6 Å². The molecule has 0 radical (unpaired) electrons.